The highest BCUT2D eigenvalue weighted by Crippen LogP contribution is 2.22. The Hall–Kier alpha value is -1.35. The maximum absolute atomic E-state index is 11.7. The first-order chi connectivity index (χ1) is 9.11. The molecule has 1 atom stereocenters. The number of carbonyl (C=O) groups excluding carboxylic acids is 1. The molecule has 3 nitrogen and oxygen atoms in total. The lowest BCUT2D eigenvalue weighted by atomic mass is 10.0. The van der Waals surface area contributed by atoms with E-state index in [2.05, 4.69) is 43.0 Å². The van der Waals surface area contributed by atoms with Gasteiger partial charge in [0.15, 0.2) is 0 Å². The number of aryl methyl sites for hydroxylation is 1. The summed E-state index contributed by atoms with van der Waals surface area (Å²) in [6.07, 6.45) is 0.618. The minimum atomic E-state index is 0.280. The van der Waals surface area contributed by atoms with E-state index in [0.717, 1.165) is 26.2 Å². The summed E-state index contributed by atoms with van der Waals surface area (Å²) < 4.78 is 0. The fraction of sp³-hybridized carbons (Fsp3) is 0.562. The van der Waals surface area contributed by atoms with E-state index in [0.29, 0.717) is 12.5 Å². The number of hydrogen-bond donors (Lipinski definition) is 0. The van der Waals surface area contributed by atoms with Crippen molar-refractivity contribution < 1.29 is 4.79 Å². The maximum atomic E-state index is 11.7. The summed E-state index contributed by atoms with van der Waals surface area (Å²) in [6.45, 7) is 10.00. The van der Waals surface area contributed by atoms with Crippen LogP contribution in [-0.4, -0.2) is 41.9 Å². The van der Waals surface area contributed by atoms with Gasteiger partial charge in [-0.15, -0.1) is 0 Å². The Bertz CT molecular complexity index is 436. The second-order valence-electron chi connectivity index (χ2n) is 5.36. The van der Waals surface area contributed by atoms with Crippen molar-refractivity contribution in [2.24, 2.45) is 0 Å². The number of rotatable bonds is 3. The summed E-state index contributed by atoms with van der Waals surface area (Å²) in [4.78, 5) is 16.1. The Morgan fingerprint density at radius 2 is 1.95 bits per heavy atom. The number of benzene rings is 1. The van der Waals surface area contributed by atoms with Crippen LogP contribution in [0.2, 0.25) is 0 Å². The minimum Gasteiger partial charge on any atom is -0.340 e. The Morgan fingerprint density at radius 3 is 2.53 bits per heavy atom. The predicted octanol–water partition coefficient (Wildman–Crippen LogP) is 2.61. The van der Waals surface area contributed by atoms with Gasteiger partial charge in [0.05, 0.1) is 0 Å². The molecule has 0 radical (unpaired) electrons. The third-order valence-corrected chi connectivity index (χ3v) is 4.04. The monoisotopic (exact) mass is 260 g/mol. The Morgan fingerprint density at radius 1 is 1.26 bits per heavy atom. The fourth-order valence-electron chi connectivity index (χ4n) is 2.72. The maximum Gasteiger partial charge on any atom is 0.222 e. The van der Waals surface area contributed by atoms with Crippen LogP contribution >= 0.6 is 0 Å². The van der Waals surface area contributed by atoms with Crippen molar-refractivity contribution in [3.8, 4) is 0 Å². The van der Waals surface area contributed by atoms with Crippen LogP contribution in [0, 0.1) is 6.92 Å². The van der Waals surface area contributed by atoms with Crippen LogP contribution < -0.4 is 0 Å². The molecule has 3 heteroatoms. The molecule has 0 N–H and O–H groups in total. The summed E-state index contributed by atoms with van der Waals surface area (Å²) in [5.41, 5.74) is 2.68. The van der Waals surface area contributed by atoms with Crippen LogP contribution in [0.1, 0.15) is 37.4 Å². The average molecular weight is 260 g/mol. The quantitative estimate of drug-likeness (QED) is 0.834. The second kappa shape index (κ2) is 6.20. The number of amides is 1. The van der Waals surface area contributed by atoms with Crippen molar-refractivity contribution in [3.05, 3.63) is 35.4 Å². The number of nitrogens with zero attached hydrogens (tertiary/aromatic N) is 2. The molecule has 0 spiro atoms. The van der Waals surface area contributed by atoms with Gasteiger partial charge in [0, 0.05) is 38.6 Å². The predicted molar refractivity (Wildman–Crippen MR) is 78.0 cm³/mol. The molecule has 0 saturated carbocycles. The van der Waals surface area contributed by atoms with E-state index in [-0.39, 0.29) is 5.91 Å². The zero-order chi connectivity index (χ0) is 13.8. The fourth-order valence-corrected chi connectivity index (χ4v) is 2.72. The average Bonchev–Trinajstić information content (AvgIpc) is 2.46. The summed E-state index contributed by atoms with van der Waals surface area (Å²) in [7, 11) is 0. The highest BCUT2D eigenvalue weighted by molar-refractivity contribution is 5.75. The van der Waals surface area contributed by atoms with Gasteiger partial charge in [0.2, 0.25) is 5.91 Å². The van der Waals surface area contributed by atoms with Gasteiger partial charge in [-0.1, -0.05) is 36.8 Å². The van der Waals surface area contributed by atoms with E-state index >= 15 is 0 Å². The van der Waals surface area contributed by atoms with Crippen molar-refractivity contribution in [1.29, 1.82) is 0 Å². The van der Waals surface area contributed by atoms with E-state index in [1.54, 1.807) is 0 Å². The topological polar surface area (TPSA) is 23.6 Å². The zero-order valence-corrected chi connectivity index (χ0v) is 12.2. The third kappa shape index (κ3) is 3.35. The molecule has 1 fully saturated rings. The van der Waals surface area contributed by atoms with E-state index in [4.69, 9.17) is 0 Å². The lowest BCUT2D eigenvalue weighted by Crippen LogP contribution is -2.49. The van der Waals surface area contributed by atoms with Gasteiger partial charge in [-0.25, -0.2) is 0 Å². The summed E-state index contributed by atoms with van der Waals surface area (Å²) in [5, 5.41) is 0. The first kappa shape index (κ1) is 14.1. The number of carbonyl (C=O) groups is 1. The molecule has 1 aromatic carbocycles. The van der Waals surface area contributed by atoms with E-state index in [1.807, 2.05) is 11.8 Å². The molecule has 1 aliphatic heterocycles. The van der Waals surface area contributed by atoms with Crippen LogP contribution in [0.3, 0.4) is 0 Å². The molecule has 19 heavy (non-hydrogen) atoms. The lowest BCUT2D eigenvalue weighted by Gasteiger charge is -2.38. The van der Waals surface area contributed by atoms with Crippen LogP contribution in [0.25, 0.3) is 0 Å². The van der Waals surface area contributed by atoms with Crippen molar-refractivity contribution in [2.75, 3.05) is 26.2 Å². The third-order valence-electron chi connectivity index (χ3n) is 4.04. The molecule has 1 aliphatic rings. The Kier molecular flexibility index (Phi) is 4.59. The normalized spacial score (nSPS) is 18.4. The smallest absolute Gasteiger partial charge is 0.222 e. The number of piperazine rings is 1. The van der Waals surface area contributed by atoms with Gasteiger partial charge in [-0.3, -0.25) is 9.69 Å². The molecule has 0 aromatic heterocycles. The molecule has 1 amide bonds. The van der Waals surface area contributed by atoms with Crippen LogP contribution in [0.15, 0.2) is 24.3 Å². The van der Waals surface area contributed by atoms with Gasteiger partial charge in [-0.05, 0) is 19.4 Å². The van der Waals surface area contributed by atoms with Gasteiger partial charge >= 0.3 is 0 Å². The Balaban J connectivity index is 1.96. The van der Waals surface area contributed by atoms with E-state index < -0.39 is 0 Å². The molecule has 0 aliphatic carbocycles. The molecule has 1 aromatic rings. The van der Waals surface area contributed by atoms with Gasteiger partial charge < -0.3 is 4.90 Å². The SMILES string of the molecule is CCC(=O)N1CCN(C(C)c2cccc(C)c2)CC1. The standard InChI is InChI=1S/C16H24N2O/c1-4-16(19)18-10-8-17(9-11-18)14(3)15-7-5-6-13(2)12-15/h5-7,12,14H,4,8-11H2,1-3H3. The van der Waals surface area contributed by atoms with Crippen molar-refractivity contribution >= 4 is 5.91 Å². The van der Waals surface area contributed by atoms with Crippen LogP contribution in [-0.2, 0) is 4.79 Å². The zero-order valence-electron chi connectivity index (χ0n) is 12.2. The minimum absolute atomic E-state index is 0.280. The van der Waals surface area contributed by atoms with Crippen molar-refractivity contribution in [3.63, 3.8) is 0 Å². The van der Waals surface area contributed by atoms with E-state index in [1.165, 1.54) is 11.1 Å². The molecule has 1 saturated heterocycles. The van der Waals surface area contributed by atoms with Crippen LogP contribution in [0.5, 0.6) is 0 Å². The van der Waals surface area contributed by atoms with E-state index in [9.17, 15) is 4.79 Å². The molecule has 0 bridgehead atoms. The molecule has 104 valence electrons. The highest BCUT2D eigenvalue weighted by Gasteiger charge is 2.23. The Labute approximate surface area is 116 Å². The van der Waals surface area contributed by atoms with Crippen molar-refractivity contribution in [2.45, 2.75) is 33.2 Å². The number of hydrogen-bond acceptors (Lipinski definition) is 2. The molecule has 1 heterocycles. The van der Waals surface area contributed by atoms with Crippen LogP contribution in [0.4, 0.5) is 0 Å². The largest absolute Gasteiger partial charge is 0.340 e. The molecule has 2 rings (SSSR count). The molecular weight excluding hydrogens is 236 g/mol. The first-order valence-corrected chi connectivity index (χ1v) is 7.20. The van der Waals surface area contributed by atoms with Gasteiger partial charge in [0.1, 0.15) is 0 Å². The second-order valence-corrected chi connectivity index (χ2v) is 5.36. The van der Waals surface area contributed by atoms with Gasteiger partial charge in [-0.2, -0.15) is 0 Å². The van der Waals surface area contributed by atoms with Gasteiger partial charge in [0.25, 0.3) is 0 Å². The summed E-state index contributed by atoms with van der Waals surface area (Å²) in [5.74, 6) is 0.280. The summed E-state index contributed by atoms with van der Waals surface area (Å²) in [6, 6.07) is 9.14. The lowest BCUT2D eigenvalue weighted by molar-refractivity contribution is -0.132. The van der Waals surface area contributed by atoms with Crippen molar-refractivity contribution in [1.82, 2.24) is 9.80 Å². The molecular formula is C16H24N2O. The highest BCUT2D eigenvalue weighted by atomic mass is 16.2. The first-order valence-electron chi connectivity index (χ1n) is 7.20. The molecule has 1 unspecified atom stereocenters. The summed E-state index contributed by atoms with van der Waals surface area (Å²) >= 11 is 0.